The van der Waals surface area contributed by atoms with Crippen LogP contribution in [0.5, 0.6) is 0 Å². The van der Waals surface area contributed by atoms with Crippen LogP contribution in [0.2, 0.25) is 0 Å². The second-order valence-corrected chi connectivity index (χ2v) is 3.16. The third-order valence-corrected chi connectivity index (χ3v) is 2.04. The predicted molar refractivity (Wildman–Crippen MR) is 52.3 cm³/mol. The third kappa shape index (κ3) is 3.02. The summed E-state index contributed by atoms with van der Waals surface area (Å²) in [5.74, 6) is -1.08. The molecule has 1 aromatic rings. The summed E-state index contributed by atoms with van der Waals surface area (Å²) < 4.78 is 42.2. The fourth-order valence-corrected chi connectivity index (χ4v) is 1.29. The van der Waals surface area contributed by atoms with Crippen LogP contribution in [0.15, 0.2) is 23.4 Å². The minimum Gasteiger partial charge on any atom is -0.465 e. The monoisotopic (exact) mass is 247 g/mol. The number of benzene rings is 1. The van der Waals surface area contributed by atoms with Crippen molar-refractivity contribution in [2.75, 3.05) is 7.11 Å². The molecule has 17 heavy (non-hydrogen) atoms. The summed E-state index contributed by atoms with van der Waals surface area (Å²) in [6.07, 6.45) is -4.69. The van der Waals surface area contributed by atoms with Crippen LogP contribution in [-0.2, 0) is 17.5 Å². The topological polar surface area (TPSA) is 55.7 Å². The molecule has 0 fully saturated rings. The van der Waals surface area contributed by atoms with E-state index in [1.165, 1.54) is 6.07 Å². The van der Waals surface area contributed by atoms with Crippen molar-refractivity contribution in [2.24, 2.45) is 5.18 Å². The molecule has 7 heteroatoms. The molecule has 92 valence electrons. The molecule has 0 bridgehead atoms. The standard InChI is InChI=1S/C10H8F3NO3/c1-17-9(15)7-3-2-6(5-14-16)4-8(7)10(11,12)13/h2-4H,5H2,1H3. The maximum Gasteiger partial charge on any atom is 0.417 e. The normalized spacial score (nSPS) is 11.1. The Bertz CT molecular complexity index is 443. The van der Waals surface area contributed by atoms with Crippen molar-refractivity contribution < 1.29 is 22.7 Å². The Morgan fingerprint density at radius 3 is 2.53 bits per heavy atom. The summed E-state index contributed by atoms with van der Waals surface area (Å²) in [6, 6.07) is 2.91. The number of nitroso groups, excluding NO2 is 1. The first kappa shape index (κ1) is 13.1. The van der Waals surface area contributed by atoms with Crippen molar-refractivity contribution in [1.82, 2.24) is 0 Å². The molecule has 0 unspecified atom stereocenters. The zero-order valence-electron chi connectivity index (χ0n) is 8.75. The number of carbonyl (C=O) groups is 1. The van der Waals surface area contributed by atoms with Crippen molar-refractivity contribution in [3.05, 3.63) is 39.8 Å². The molecule has 0 aliphatic heterocycles. The number of hydrogen-bond acceptors (Lipinski definition) is 4. The number of alkyl halides is 3. The average molecular weight is 247 g/mol. The number of nitrogens with zero attached hydrogens (tertiary/aromatic N) is 1. The Morgan fingerprint density at radius 1 is 1.41 bits per heavy atom. The second kappa shape index (κ2) is 4.94. The van der Waals surface area contributed by atoms with Gasteiger partial charge in [0.05, 0.1) is 18.2 Å². The van der Waals surface area contributed by atoms with Crippen LogP contribution in [0.4, 0.5) is 13.2 Å². The minimum absolute atomic E-state index is 0.0833. The Balaban J connectivity index is 3.31. The molecular formula is C10H8F3NO3. The van der Waals surface area contributed by atoms with Gasteiger partial charge in [-0.1, -0.05) is 11.2 Å². The Morgan fingerprint density at radius 2 is 2.06 bits per heavy atom. The second-order valence-electron chi connectivity index (χ2n) is 3.16. The highest BCUT2D eigenvalue weighted by Crippen LogP contribution is 2.33. The van der Waals surface area contributed by atoms with Crippen molar-refractivity contribution in [3.8, 4) is 0 Å². The molecule has 0 radical (unpaired) electrons. The molecule has 1 rings (SSSR count). The first-order chi connectivity index (χ1) is 7.90. The Kier molecular flexibility index (Phi) is 3.82. The van der Waals surface area contributed by atoms with Crippen LogP contribution in [0.25, 0.3) is 0 Å². The van der Waals surface area contributed by atoms with Gasteiger partial charge >= 0.3 is 12.1 Å². The van der Waals surface area contributed by atoms with Gasteiger partial charge in [0.25, 0.3) is 0 Å². The summed E-state index contributed by atoms with van der Waals surface area (Å²) in [5, 5.41) is 2.49. The lowest BCUT2D eigenvalue weighted by molar-refractivity contribution is -0.138. The number of methoxy groups -OCH3 is 1. The van der Waals surface area contributed by atoms with Gasteiger partial charge in [-0.15, -0.1) is 0 Å². The molecule has 0 aliphatic rings. The quantitative estimate of drug-likeness (QED) is 0.609. The average Bonchev–Trinajstić information content (AvgIpc) is 2.27. The molecule has 0 heterocycles. The molecule has 0 aromatic heterocycles. The smallest absolute Gasteiger partial charge is 0.417 e. The van der Waals surface area contributed by atoms with E-state index in [1.807, 2.05) is 0 Å². The Hall–Kier alpha value is -1.92. The lowest BCUT2D eigenvalue weighted by Gasteiger charge is -2.12. The lowest BCUT2D eigenvalue weighted by atomic mass is 10.0. The molecule has 4 nitrogen and oxygen atoms in total. The first-order valence-electron chi connectivity index (χ1n) is 4.47. The minimum atomic E-state index is -4.69. The summed E-state index contributed by atoms with van der Waals surface area (Å²) in [4.78, 5) is 21.1. The molecular weight excluding hydrogens is 239 g/mol. The first-order valence-corrected chi connectivity index (χ1v) is 4.47. The maximum atomic E-state index is 12.6. The van der Waals surface area contributed by atoms with E-state index in [-0.39, 0.29) is 12.1 Å². The molecule has 0 saturated carbocycles. The fourth-order valence-electron chi connectivity index (χ4n) is 1.29. The summed E-state index contributed by atoms with van der Waals surface area (Å²) in [6.45, 7) is -0.384. The number of ether oxygens (including phenoxy) is 1. The molecule has 0 N–H and O–H groups in total. The van der Waals surface area contributed by atoms with E-state index in [2.05, 4.69) is 9.91 Å². The SMILES string of the molecule is COC(=O)c1ccc(CN=O)cc1C(F)(F)F. The van der Waals surface area contributed by atoms with E-state index in [0.717, 1.165) is 13.2 Å². The molecule has 1 aromatic carbocycles. The summed E-state index contributed by atoms with van der Waals surface area (Å²) >= 11 is 0. The van der Waals surface area contributed by atoms with Crippen LogP contribution >= 0.6 is 0 Å². The van der Waals surface area contributed by atoms with Crippen molar-refractivity contribution in [1.29, 1.82) is 0 Å². The van der Waals surface area contributed by atoms with Crippen molar-refractivity contribution in [2.45, 2.75) is 12.7 Å². The van der Waals surface area contributed by atoms with Crippen molar-refractivity contribution >= 4 is 5.97 Å². The Labute approximate surface area is 94.4 Å². The highest BCUT2D eigenvalue weighted by Gasteiger charge is 2.35. The largest absolute Gasteiger partial charge is 0.465 e. The van der Waals surface area contributed by atoms with Gasteiger partial charge in [-0.3, -0.25) is 0 Å². The van der Waals surface area contributed by atoms with Crippen LogP contribution in [0, 0.1) is 4.91 Å². The molecule has 0 spiro atoms. The van der Waals surface area contributed by atoms with Gasteiger partial charge in [0.15, 0.2) is 0 Å². The van der Waals surface area contributed by atoms with E-state index >= 15 is 0 Å². The summed E-state index contributed by atoms with van der Waals surface area (Å²) in [5.41, 5.74) is -1.64. The fraction of sp³-hybridized carbons (Fsp3) is 0.300. The number of esters is 1. The third-order valence-electron chi connectivity index (χ3n) is 2.04. The lowest BCUT2D eigenvalue weighted by Crippen LogP contribution is -2.14. The molecule has 0 saturated heterocycles. The van der Waals surface area contributed by atoms with E-state index < -0.39 is 23.3 Å². The van der Waals surface area contributed by atoms with Crippen molar-refractivity contribution in [3.63, 3.8) is 0 Å². The van der Waals surface area contributed by atoms with Gasteiger partial charge in [0, 0.05) is 0 Å². The van der Waals surface area contributed by atoms with Gasteiger partial charge in [-0.05, 0) is 17.7 Å². The van der Waals surface area contributed by atoms with E-state index in [0.29, 0.717) is 6.07 Å². The van der Waals surface area contributed by atoms with Gasteiger partial charge in [-0.25, -0.2) is 4.79 Å². The molecule has 0 amide bonds. The molecule has 0 atom stereocenters. The van der Waals surface area contributed by atoms with Crippen LogP contribution in [0.1, 0.15) is 21.5 Å². The van der Waals surface area contributed by atoms with Gasteiger partial charge < -0.3 is 4.74 Å². The number of hydrogen-bond donors (Lipinski definition) is 0. The zero-order valence-corrected chi connectivity index (χ0v) is 8.75. The van der Waals surface area contributed by atoms with Crippen LogP contribution in [0.3, 0.4) is 0 Å². The number of rotatable bonds is 3. The number of halogens is 3. The van der Waals surface area contributed by atoms with Crippen LogP contribution < -0.4 is 0 Å². The van der Waals surface area contributed by atoms with Crippen LogP contribution in [-0.4, -0.2) is 13.1 Å². The van der Waals surface area contributed by atoms with E-state index in [9.17, 15) is 22.9 Å². The summed E-state index contributed by atoms with van der Waals surface area (Å²) in [7, 11) is 0.989. The van der Waals surface area contributed by atoms with E-state index in [4.69, 9.17) is 0 Å². The van der Waals surface area contributed by atoms with Gasteiger partial charge in [0.1, 0.15) is 6.54 Å². The van der Waals surface area contributed by atoms with Gasteiger partial charge in [-0.2, -0.15) is 18.1 Å². The highest BCUT2D eigenvalue weighted by atomic mass is 19.4. The number of carbonyl (C=O) groups excluding carboxylic acids is 1. The highest BCUT2D eigenvalue weighted by molar-refractivity contribution is 5.91. The van der Waals surface area contributed by atoms with E-state index in [1.54, 1.807) is 0 Å². The zero-order chi connectivity index (χ0) is 13.1. The predicted octanol–water partition coefficient (Wildman–Crippen LogP) is 2.76. The molecule has 0 aliphatic carbocycles. The maximum absolute atomic E-state index is 12.6. The van der Waals surface area contributed by atoms with Gasteiger partial charge in [0.2, 0.25) is 0 Å².